The topological polar surface area (TPSA) is 79.0 Å². The van der Waals surface area contributed by atoms with Gasteiger partial charge in [0.05, 0.1) is 18.7 Å². The summed E-state index contributed by atoms with van der Waals surface area (Å²) in [4.78, 5) is 4.66. The first-order chi connectivity index (χ1) is 7.06. The molecule has 0 saturated heterocycles. The van der Waals surface area contributed by atoms with E-state index in [1.54, 1.807) is 6.92 Å². The van der Waals surface area contributed by atoms with E-state index in [4.69, 9.17) is 5.90 Å². The predicted octanol–water partition coefficient (Wildman–Crippen LogP) is 0.635. The molecule has 0 saturated carbocycles. The number of nitrogens with zero attached hydrogens (tertiary/aromatic N) is 1. The maximum atomic E-state index is 9.82. The Balaban J connectivity index is 2.73. The van der Waals surface area contributed by atoms with Gasteiger partial charge in [-0.15, -0.1) is 0 Å². The lowest BCUT2D eigenvalue weighted by Crippen LogP contribution is -2.43. The molecule has 0 amide bonds. The van der Waals surface area contributed by atoms with Crippen LogP contribution in [-0.4, -0.2) is 34.0 Å². The second-order valence-corrected chi connectivity index (χ2v) is 3.78. The van der Waals surface area contributed by atoms with Gasteiger partial charge in [-0.25, -0.2) is 4.94 Å². The molecule has 5 heteroatoms. The van der Waals surface area contributed by atoms with Crippen LogP contribution in [0.2, 0.25) is 0 Å². The fourth-order valence-electron chi connectivity index (χ4n) is 1.59. The molecule has 15 heavy (non-hydrogen) atoms. The average molecular weight is 214 g/mol. The van der Waals surface area contributed by atoms with Crippen LogP contribution in [0.25, 0.3) is 0 Å². The van der Waals surface area contributed by atoms with E-state index in [0.717, 1.165) is 5.57 Å². The van der Waals surface area contributed by atoms with Gasteiger partial charge < -0.3 is 10.2 Å². The highest BCUT2D eigenvalue weighted by atomic mass is 16.8. The Labute approximate surface area is 89.3 Å². The molecule has 0 radical (unpaired) electrons. The number of aliphatic hydroxyl groups is 2. The van der Waals surface area contributed by atoms with Gasteiger partial charge in [-0.2, -0.15) is 11.0 Å². The van der Waals surface area contributed by atoms with Crippen molar-refractivity contribution in [2.24, 2.45) is 5.90 Å². The van der Waals surface area contributed by atoms with Crippen LogP contribution >= 0.6 is 0 Å². The number of nitrogens with two attached hydrogens (primary N) is 1. The predicted molar refractivity (Wildman–Crippen MR) is 56.5 cm³/mol. The number of hydrogen-bond acceptors (Lipinski definition) is 5. The molecule has 4 N–H and O–H groups in total. The summed E-state index contributed by atoms with van der Waals surface area (Å²) in [6.07, 6.45) is 3.84. The number of aliphatic hydroxyl groups excluding tert-OH is 2. The van der Waals surface area contributed by atoms with Crippen molar-refractivity contribution in [1.82, 2.24) is 5.06 Å². The third kappa shape index (κ3) is 3.04. The molecule has 0 spiro atoms. The minimum atomic E-state index is -0.562. The summed E-state index contributed by atoms with van der Waals surface area (Å²) < 4.78 is 0. The highest BCUT2D eigenvalue weighted by molar-refractivity contribution is 5.27. The Morgan fingerprint density at radius 3 is 2.93 bits per heavy atom. The lowest BCUT2D eigenvalue weighted by Gasteiger charge is -2.30. The first kappa shape index (κ1) is 12.2. The first-order valence-corrected chi connectivity index (χ1v) is 4.94. The van der Waals surface area contributed by atoms with Crippen LogP contribution in [-0.2, 0) is 4.94 Å². The normalized spacial score (nSPS) is 23.7. The van der Waals surface area contributed by atoms with E-state index in [2.05, 4.69) is 4.94 Å². The average Bonchev–Trinajstić information content (AvgIpc) is 2.19. The lowest BCUT2D eigenvalue weighted by atomic mass is 10.0. The van der Waals surface area contributed by atoms with Crippen molar-refractivity contribution in [1.29, 1.82) is 0 Å². The Kier molecular flexibility index (Phi) is 4.28. The third-order valence-electron chi connectivity index (χ3n) is 2.37. The molecule has 2 unspecified atom stereocenters. The van der Waals surface area contributed by atoms with Gasteiger partial charge in [0.15, 0.2) is 0 Å². The number of hydrogen-bond donors (Lipinski definition) is 3. The summed E-state index contributed by atoms with van der Waals surface area (Å²) in [5, 5.41) is 20.4. The Hall–Kier alpha value is -0.880. The van der Waals surface area contributed by atoms with Gasteiger partial charge in [0.25, 0.3) is 0 Å². The van der Waals surface area contributed by atoms with Gasteiger partial charge in [-0.05, 0) is 25.8 Å². The summed E-state index contributed by atoms with van der Waals surface area (Å²) in [6.45, 7) is 3.71. The summed E-state index contributed by atoms with van der Waals surface area (Å²) in [5.41, 5.74) is 0.791. The maximum absolute atomic E-state index is 9.82. The van der Waals surface area contributed by atoms with E-state index >= 15 is 0 Å². The molecule has 0 aromatic heterocycles. The fraction of sp³-hybridized carbons (Fsp3) is 0.600. The van der Waals surface area contributed by atoms with Gasteiger partial charge >= 0.3 is 0 Å². The van der Waals surface area contributed by atoms with E-state index in [-0.39, 0.29) is 18.3 Å². The van der Waals surface area contributed by atoms with Crippen molar-refractivity contribution in [2.45, 2.75) is 32.4 Å². The van der Waals surface area contributed by atoms with Crippen molar-refractivity contribution in [2.75, 3.05) is 6.54 Å². The van der Waals surface area contributed by atoms with E-state index in [1.807, 2.05) is 19.1 Å². The molecule has 0 aromatic rings. The summed E-state index contributed by atoms with van der Waals surface area (Å²) in [5.74, 6) is 5.36. The smallest absolute Gasteiger partial charge is 0.115 e. The van der Waals surface area contributed by atoms with Crippen molar-refractivity contribution >= 4 is 0 Å². The van der Waals surface area contributed by atoms with Crippen LogP contribution in [0.1, 0.15) is 20.3 Å². The zero-order valence-corrected chi connectivity index (χ0v) is 9.05. The van der Waals surface area contributed by atoms with E-state index in [1.165, 1.54) is 5.06 Å². The maximum Gasteiger partial charge on any atom is 0.115 e. The van der Waals surface area contributed by atoms with Crippen LogP contribution in [0.3, 0.4) is 0 Å². The molecular formula is C10H18N2O3. The second-order valence-electron chi connectivity index (χ2n) is 3.78. The molecule has 0 fully saturated rings. The van der Waals surface area contributed by atoms with Gasteiger partial charge in [-0.1, -0.05) is 12.2 Å². The zero-order valence-electron chi connectivity index (χ0n) is 9.05. The minimum absolute atomic E-state index is 0.239. The minimum Gasteiger partial charge on any atom is -0.510 e. The molecule has 1 aliphatic carbocycles. The van der Waals surface area contributed by atoms with Crippen LogP contribution < -0.4 is 5.90 Å². The molecule has 2 atom stereocenters. The van der Waals surface area contributed by atoms with E-state index < -0.39 is 6.10 Å². The molecule has 0 heterocycles. The number of allylic oxidation sites excluding steroid dienone is 2. The van der Waals surface area contributed by atoms with Gasteiger partial charge in [0.1, 0.15) is 5.76 Å². The molecular weight excluding hydrogens is 196 g/mol. The monoisotopic (exact) mass is 214 g/mol. The molecule has 5 nitrogen and oxygen atoms in total. The van der Waals surface area contributed by atoms with Crippen LogP contribution in [0.5, 0.6) is 0 Å². The SMILES string of the molecule is CC1=C(O)C(N(CC(C)O)ON)CC=C1. The molecule has 1 aliphatic rings. The van der Waals surface area contributed by atoms with Crippen molar-refractivity contribution < 1.29 is 15.2 Å². The lowest BCUT2D eigenvalue weighted by molar-refractivity contribution is -0.199. The van der Waals surface area contributed by atoms with Crippen LogP contribution in [0.4, 0.5) is 0 Å². The molecule has 0 aliphatic heterocycles. The summed E-state index contributed by atoms with van der Waals surface area (Å²) in [7, 11) is 0. The second kappa shape index (κ2) is 5.27. The fourth-order valence-corrected chi connectivity index (χ4v) is 1.59. The van der Waals surface area contributed by atoms with Crippen molar-refractivity contribution in [3.05, 3.63) is 23.5 Å². The quantitative estimate of drug-likeness (QED) is 0.598. The number of hydroxylamine groups is 2. The molecule has 0 bridgehead atoms. The van der Waals surface area contributed by atoms with Gasteiger partial charge in [-0.3, -0.25) is 0 Å². The molecule has 1 rings (SSSR count). The molecule has 86 valence electrons. The number of rotatable bonds is 4. The van der Waals surface area contributed by atoms with E-state index in [0.29, 0.717) is 6.42 Å². The Morgan fingerprint density at radius 2 is 2.40 bits per heavy atom. The largest absolute Gasteiger partial charge is 0.510 e. The Bertz CT molecular complexity index is 274. The highest BCUT2D eigenvalue weighted by Gasteiger charge is 2.26. The van der Waals surface area contributed by atoms with Gasteiger partial charge in [0, 0.05) is 0 Å². The van der Waals surface area contributed by atoms with Crippen molar-refractivity contribution in [3.8, 4) is 0 Å². The first-order valence-electron chi connectivity index (χ1n) is 4.94. The van der Waals surface area contributed by atoms with Crippen molar-refractivity contribution in [3.63, 3.8) is 0 Å². The molecule has 0 aromatic carbocycles. The summed E-state index contributed by atoms with van der Waals surface area (Å²) >= 11 is 0. The Morgan fingerprint density at radius 1 is 1.73 bits per heavy atom. The third-order valence-corrected chi connectivity index (χ3v) is 2.37. The zero-order chi connectivity index (χ0) is 11.4. The van der Waals surface area contributed by atoms with Crippen LogP contribution in [0, 0.1) is 0 Å². The van der Waals surface area contributed by atoms with Gasteiger partial charge in [0.2, 0.25) is 0 Å². The highest BCUT2D eigenvalue weighted by Crippen LogP contribution is 2.21. The van der Waals surface area contributed by atoms with E-state index in [9.17, 15) is 10.2 Å². The van der Waals surface area contributed by atoms with Crippen LogP contribution in [0.15, 0.2) is 23.5 Å². The standard InChI is InChI=1S/C10H18N2O3/c1-7-4-3-5-9(10(7)14)12(15-11)6-8(2)13/h3-4,8-9,13-14H,5-6,11H2,1-2H3. The summed E-state index contributed by atoms with van der Waals surface area (Å²) in [6, 6.07) is -0.311.